The third-order valence-electron chi connectivity index (χ3n) is 9.63. The fraction of sp³-hybridized carbons (Fsp3) is 0. The van der Waals surface area contributed by atoms with E-state index in [1.165, 1.54) is 26.5 Å². The van der Waals surface area contributed by atoms with Crippen molar-refractivity contribution in [1.29, 1.82) is 0 Å². The monoisotopic (exact) mass is 655 g/mol. The maximum Gasteiger partial charge on any atom is 0.160 e. The molecule has 50 heavy (non-hydrogen) atoms. The fourth-order valence-electron chi connectivity index (χ4n) is 7.35. The lowest BCUT2D eigenvalue weighted by Gasteiger charge is -2.20. The van der Waals surface area contributed by atoms with Crippen LogP contribution in [0.4, 0.5) is 0 Å². The lowest BCUT2D eigenvalue weighted by atomic mass is 9.91. The van der Waals surface area contributed by atoms with E-state index in [1.807, 2.05) is 6.07 Å². The summed E-state index contributed by atoms with van der Waals surface area (Å²) in [5.41, 5.74) is 12.0. The van der Waals surface area contributed by atoms with Gasteiger partial charge in [0.2, 0.25) is 0 Å². The molecular formula is C46H29N3S. The topological polar surface area (TPSA) is 30.7 Å². The summed E-state index contributed by atoms with van der Waals surface area (Å²) in [6.45, 7) is 0. The molecule has 0 amide bonds. The van der Waals surface area contributed by atoms with Crippen molar-refractivity contribution in [2.75, 3.05) is 0 Å². The minimum Gasteiger partial charge on any atom is -0.309 e. The lowest BCUT2D eigenvalue weighted by molar-refractivity contribution is 1.18. The van der Waals surface area contributed by atoms with Crippen molar-refractivity contribution in [2.45, 2.75) is 0 Å². The Morgan fingerprint density at radius 1 is 0.420 bits per heavy atom. The van der Waals surface area contributed by atoms with Gasteiger partial charge >= 0.3 is 0 Å². The fourth-order valence-corrected chi connectivity index (χ4v) is 8.49. The summed E-state index contributed by atoms with van der Waals surface area (Å²) in [6.07, 6.45) is 0. The Labute approximate surface area is 293 Å². The number of para-hydroxylation sites is 2. The number of aromatic nitrogens is 3. The number of rotatable bonds is 5. The van der Waals surface area contributed by atoms with Crippen LogP contribution < -0.4 is 0 Å². The van der Waals surface area contributed by atoms with E-state index in [2.05, 4.69) is 174 Å². The Morgan fingerprint density at radius 3 is 1.58 bits per heavy atom. The Balaban J connectivity index is 1.37. The van der Waals surface area contributed by atoms with E-state index in [9.17, 15) is 0 Å². The second-order valence-corrected chi connectivity index (χ2v) is 13.6. The summed E-state index contributed by atoms with van der Waals surface area (Å²) in [7, 11) is 0. The predicted octanol–water partition coefficient (Wildman–Crippen LogP) is 12.6. The second-order valence-electron chi connectivity index (χ2n) is 12.6. The van der Waals surface area contributed by atoms with Gasteiger partial charge in [-0.25, -0.2) is 9.97 Å². The zero-order valence-electron chi connectivity index (χ0n) is 27.0. The molecule has 0 saturated carbocycles. The Hall–Kier alpha value is -6.36. The molecule has 0 aliphatic carbocycles. The van der Waals surface area contributed by atoms with Crippen LogP contribution in [0, 0.1) is 0 Å². The van der Waals surface area contributed by atoms with Gasteiger partial charge in [-0.2, -0.15) is 0 Å². The van der Waals surface area contributed by atoms with Crippen molar-refractivity contribution in [3.63, 3.8) is 0 Å². The number of thiophene rings is 1. The summed E-state index contributed by atoms with van der Waals surface area (Å²) < 4.78 is 4.73. The molecule has 0 aliphatic rings. The highest BCUT2D eigenvalue weighted by atomic mass is 32.1. The molecule has 0 radical (unpaired) electrons. The highest BCUT2D eigenvalue weighted by Gasteiger charge is 2.23. The lowest BCUT2D eigenvalue weighted by Crippen LogP contribution is -2.01. The third kappa shape index (κ3) is 4.57. The quantitative estimate of drug-likeness (QED) is 0.185. The molecule has 0 bridgehead atoms. The highest BCUT2D eigenvalue weighted by Crippen LogP contribution is 2.46. The SMILES string of the molecule is c1ccc(-c2nc(-c3cc(-c4ccccc4)c(-n4c5ccccc5c5ccccc54)cc3-c3ccccc3)c3sc4ccccc4c3n2)cc1. The number of hydrogen-bond donors (Lipinski definition) is 0. The van der Waals surface area contributed by atoms with E-state index in [-0.39, 0.29) is 0 Å². The van der Waals surface area contributed by atoms with Crippen LogP contribution in [-0.4, -0.2) is 14.5 Å². The van der Waals surface area contributed by atoms with Crippen molar-refractivity contribution >= 4 is 53.4 Å². The molecule has 0 unspecified atom stereocenters. The van der Waals surface area contributed by atoms with Gasteiger partial charge in [0.25, 0.3) is 0 Å². The molecule has 0 spiro atoms. The molecule has 0 saturated heterocycles. The first-order valence-electron chi connectivity index (χ1n) is 16.8. The van der Waals surface area contributed by atoms with E-state index in [1.54, 1.807) is 11.3 Å². The van der Waals surface area contributed by atoms with Crippen molar-refractivity contribution in [1.82, 2.24) is 14.5 Å². The average Bonchev–Trinajstić information content (AvgIpc) is 3.74. The summed E-state index contributed by atoms with van der Waals surface area (Å²) in [5.74, 6) is 0.725. The minimum atomic E-state index is 0.725. The molecule has 3 nitrogen and oxygen atoms in total. The van der Waals surface area contributed by atoms with Gasteiger partial charge < -0.3 is 4.57 Å². The molecule has 234 valence electrons. The summed E-state index contributed by atoms with van der Waals surface area (Å²) in [4.78, 5) is 10.7. The van der Waals surface area contributed by atoms with Gasteiger partial charge in [0, 0.05) is 37.5 Å². The van der Waals surface area contributed by atoms with Gasteiger partial charge in [0.1, 0.15) is 0 Å². The van der Waals surface area contributed by atoms with Crippen LogP contribution in [-0.2, 0) is 0 Å². The molecule has 0 fully saturated rings. The van der Waals surface area contributed by atoms with Crippen LogP contribution in [0.3, 0.4) is 0 Å². The number of hydrogen-bond acceptors (Lipinski definition) is 3. The molecule has 7 aromatic carbocycles. The standard InChI is InChI=1S/C46H29N3S/c1-4-16-30(17-5-1)36-29-41(49-39-25-13-10-22-33(39)34-23-11-14-26-40(34)49)37(31-18-6-2-7-19-31)28-38(36)44-45-43(35-24-12-15-27-42(35)50-45)47-46(48-44)32-20-8-3-9-21-32/h1-29H. The van der Waals surface area contributed by atoms with E-state index >= 15 is 0 Å². The van der Waals surface area contributed by atoms with Crippen molar-refractivity contribution in [3.8, 4) is 50.6 Å². The van der Waals surface area contributed by atoms with Crippen LogP contribution in [0.25, 0.3) is 92.7 Å². The molecule has 10 aromatic rings. The molecular weight excluding hydrogens is 627 g/mol. The predicted molar refractivity (Wildman–Crippen MR) is 211 cm³/mol. The molecule has 10 rings (SSSR count). The summed E-state index contributed by atoms with van der Waals surface area (Å²) >= 11 is 1.77. The third-order valence-corrected chi connectivity index (χ3v) is 10.8. The van der Waals surface area contributed by atoms with E-state index < -0.39 is 0 Å². The minimum absolute atomic E-state index is 0.725. The first kappa shape index (κ1) is 28.6. The van der Waals surface area contributed by atoms with Crippen LogP contribution in [0.1, 0.15) is 0 Å². The Morgan fingerprint density at radius 2 is 0.940 bits per heavy atom. The number of benzene rings is 7. The van der Waals surface area contributed by atoms with Gasteiger partial charge in [-0.15, -0.1) is 11.3 Å². The maximum atomic E-state index is 5.44. The molecule has 0 aliphatic heterocycles. The average molecular weight is 656 g/mol. The van der Waals surface area contributed by atoms with Crippen molar-refractivity contribution in [2.24, 2.45) is 0 Å². The Kier molecular flexibility index (Phi) is 6.68. The summed E-state index contributed by atoms with van der Waals surface area (Å²) in [5, 5.41) is 3.63. The first-order valence-corrected chi connectivity index (χ1v) is 17.7. The van der Waals surface area contributed by atoms with Crippen LogP contribution >= 0.6 is 11.3 Å². The van der Waals surface area contributed by atoms with Crippen LogP contribution in [0.2, 0.25) is 0 Å². The van der Waals surface area contributed by atoms with E-state index in [0.717, 1.165) is 66.2 Å². The van der Waals surface area contributed by atoms with Crippen molar-refractivity contribution in [3.05, 3.63) is 176 Å². The van der Waals surface area contributed by atoms with E-state index in [0.29, 0.717) is 0 Å². The van der Waals surface area contributed by atoms with Crippen LogP contribution in [0.5, 0.6) is 0 Å². The van der Waals surface area contributed by atoms with Gasteiger partial charge in [-0.1, -0.05) is 146 Å². The number of fused-ring (bicyclic) bond motifs is 6. The smallest absolute Gasteiger partial charge is 0.160 e. The van der Waals surface area contributed by atoms with Gasteiger partial charge in [0.15, 0.2) is 5.82 Å². The molecule has 3 heterocycles. The zero-order valence-corrected chi connectivity index (χ0v) is 27.8. The molecule has 3 aromatic heterocycles. The largest absolute Gasteiger partial charge is 0.309 e. The molecule has 4 heteroatoms. The maximum absolute atomic E-state index is 5.44. The zero-order chi connectivity index (χ0) is 33.0. The molecule has 0 atom stereocenters. The van der Waals surface area contributed by atoms with Gasteiger partial charge in [-0.3, -0.25) is 0 Å². The summed E-state index contributed by atoms with van der Waals surface area (Å²) in [6, 6.07) is 62.6. The van der Waals surface area contributed by atoms with Crippen molar-refractivity contribution < 1.29 is 0 Å². The normalized spacial score (nSPS) is 11.6. The van der Waals surface area contributed by atoms with Gasteiger partial charge in [-0.05, 0) is 47.0 Å². The highest BCUT2D eigenvalue weighted by molar-refractivity contribution is 7.26. The Bertz CT molecular complexity index is 2800. The first-order chi connectivity index (χ1) is 24.8. The van der Waals surface area contributed by atoms with E-state index in [4.69, 9.17) is 9.97 Å². The number of nitrogens with zero attached hydrogens (tertiary/aromatic N) is 3. The van der Waals surface area contributed by atoms with Crippen LogP contribution in [0.15, 0.2) is 176 Å². The van der Waals surface area contributed by atoms with Gasteiger partial charge in [0.05, 0.1) is 32.6 Å². The molecule has 0 N–H and O–H groups in total. The second kappa shape index (κ2) is 11.7.